The fraction of sp³-hybridized carbons (Fsp3) is 0.600. The molecule has 3 amide bonds. The molecule has 165 valence electrons. The molecule has 0 aromatic rings. The quantitative estimate of drug-likeness (QED) is 0.226. The van der Waals surface area contributed by atoms with Gasteiger partial charge >= 0.3 is 17.9 Å². The van der Waals surface area contributed by atoms with Crippen LogP contribution >= 0.6 is 0 Å². The Kier molecular flexibility index (Phi) is 11.6. The summed E-state index contributed by atoms with van der Waals surface area (Å²) in [5, 5.41) is 31.9. The number of hydrogen-bond donors (Lipinski definition) is 6. The average molecular weight is 562 g/mol. The van der Waals surface area contributed by atoms with E-state index in [1.807, 2.05) is 0 Å². The fourth-order valence-electron chi connectivity index (χ4n) is 2.40. The molecule has 0 bridgehead atoms. The Morgan fingerprint density at radius 2 is 0.821 bits per heavy atom. The predicted octanol–water partition coefficient (Wildman–Crippen LogP) is -1.95. The van der Waals surface area contributed by atoms with Crippen molar-refractivity contribution in [1.29, 1.82) is 0 Å². The standard InChI is InChI=1S/3C5H7NO3.Lu/c3*7-4-2-1-3(6-4)5(8)9;/h3*3H,1-2H2,(H,6,7)(H,8,9);. The van der Waals surface area contributed by atoms with Crippen molar-refractivity contribution in [2.45, 2.75) is 56.7 Å². The van der Waals surface area contributed by atoms with Gasteiger partial charge < -0.3 is 31.3 Å². The first-order chi connectivity index (χ1) is 12.6. The molecule has 13 heteroatoms. The summed E-state index contributed by atoms with van der Waals surface area (Å²) in [4.78, 5) is 61.5. The molecule has 0 spiro atoms. The van der Waals surface area contributed by atoms with Crippen LogP contribution in [0.25, 0.3) is 0 Å². The first kappa shape index (κ1) is 26.1. The zero-order valence-electron chi connectivity index (χ0n) is 14.5. The molecule has 3 atom stereocenters. The molecule has 1 radical (unpaired) electrons. The molecule has 3 fully saturated rings. The van der Waals surface area contributed by atoms with Crippen molar-refractivity contribution >= 4 is 35.6 Å². The predicted molar refractivity (Wildman–Crippen MR) is 86.4 cm³/mol. The van der Waals surface area contributed by atoms with E-state index >= 15 is 0 Å². The number of carbonyl (C=O) groups excluding carboxylic acids is 3. The van der Waals surface area contributed by atoms with Crippen molar-refractivity contribution in [3.8, 4) is 0 Å². The van der Waals surface area contributed by atoms with Gasteiger partial charge in [-0.05, 0) is 19.3 Å². The third-order valence-corrected chi connectivity index (χ3v) is 3.88. The van der Waals surface area contributed by atoms with Gasteiger partial charge in [0.25, 0.3) is 0 Å². The van der Waals surface area contributed by atoms with Crippen LogP contribution in [-0.4, -0.2) is 69.1 Å². The minimum atomic E-state index is -0.944. The van der Waals surface area contributed by atoms with Gasteiger partial charge in [0.05, 0.1) is 0 Å². The van der Waals surface area contributed by atoms with E-state index in [0.717, 1.165) is 0 Å². The Bertz CT molecular complexity index is 555. The van der Waals surface area contributed by atoms with Crippen LogP contribution in [0.1, 0.15) is 38.5 Å². The minimum absolute atomic E-state index is 0. The molecule has 3 aliphatic heterocycles. The van der Waals surface area contributed by atoms with E-state index in [0.29, 0.717) is 38.5 Å². The Labute approximate surface area is 188 Å². The SMILES string of the molecule is O=C1CCC(C(=O)O)N1.O=C1CCC(C(=O)O)N1.O=C1CCC(C(=O)O)N1.[Lu]. The number of carboxylic acid groups (broad SMARTS) is 3. The third-order valence-electron chi connectivity index (χ3n) is 3.88. The van der Waals surface area contributed by atoms with E-state index < -0.39 is 36.0 Å². The Morgan fingerprint density at radius 1 is 0.607 bits per heavy atom. The van der Waals surface area contributed by atoms with E-state index in [1.165, 1.54) is 0 Å². The second kappa shape index (κ2) is 12.5. The van der Waals surface area contributed by atoms with Crippen molar-refractivity contribution in [1.82, 2.24) is 16.0 Å². The summed E-state index contributed by atoms with van der Waals surface area (Å²) in [6.07, 6.45) is 2.31. The number of hydrogen-bond acceptors (Lipinski definition) is 6. The Morgan fingerprint density at radius 3 is 0.893 bits per heavy atom. The minimum Gasteiger partial charge on any atom is -0.480 e. The Hall–Kier alpha value is -1.95. The van der Waals surface area contributed by atoms with Gasteiger partial charge in [-0.1, -0.05) is 0 Å². The maximum Gasteiger partial charge on any atom is 0.326 e. The normalized spacial score (nSPS) is 24.9. The summed E-state index contributed by atoms with van der Waals surface area (Å²) >= 11 is 0. The molecule has 28 heavy (non-hydrogen) atoms. The van der Waals surface area contributed by atoms with Crippen LogP contribution < -0.4 is 16.0 Å². The summed E-state index contributed by atoms with van der Waals surface area (Å²) in [7, 11) is 0. The maximum absolute atomic E-state index is 10.4. The van der Waals surface area contributed by atoms with Crippen molar-refractivity contribution in [3.63, 3.8) is 0 Å². The van der Waals surface area contributed by atoms with Crippen molar-refractivity contribution in [3.05, 3.63) is 0 Å². The number of amides is 3. The van der Waals surface area contributed by atoms with Crippen LogP contribution in [0.15, 0.2) is 0 Å². The third kappa shape index (κ3) is 9.31. The van der Waals surface area contributed by atoms with Gasteiger partial charge in [0.1, 0.15) is 18.1 Å². The summed E-state index contributed by atoms with van der Waals surface area (Å²) in [5.41, 5.74) is 0. The molecule has 3 heterocycles. The smallest absolute Gasteiger partial charge is 0.326 e. The van der Waals surface area contributed by atoms with Crippen molar-refractivity contribution < 1.29 is 81.0 Å². The van der Waals surface area contributed by atoms with Crippen LogP contribution in [0.3, 0.4) is 0 Å². The maximum atomic E-state index is 10.4. The first-order valence-corrected chi connectivity index (χ1v) is 8.16. The monoisotopic (exact) mass is 562 g/mol. The summed E-state index contributed by atoms with van der Waals surface area (Å²) in [6.45, 7) is 0. The fourth-order valence-corrected chi connectivity index (χ4v) is 2.40. The van der Waals surface area contributed by atoms with Crippen LogP contribution in [0, 0.1) is 36.9 Å². The van der Waals surface area contributed by atoms with Crippen LogP contribution in [0.4, 0.5) is 0 Å². The van der Waals surface area contributed by atoms with Gasteiger partial charge in [0.15, 0.2) is 0 Å². The molecule has 3 aliphatic rings. The number of nitrogens with one attached hydrogen (secondary N) is 3. The van der Waals surface area contributed by atoms with Gasteiger partial charge in [0, 0.05) is 56.1 Å². The van der Waals surface area contributed by atoms with Crippen LogP contribution in [-0.2, 0) is 28.8 Å². The molecular formula is C15H21LuN3O9. The van der Waals surface area contributed by atoms with Gasteiger partial charge in [-0.15, -0.1) is 0 Å². The van der Waals surface area contributed by atoms with Crippen LogP contribution in [0.2, 0.25) is 0 Å². The van der Waals surface area contributed by atoms with Gasteiger partial charge in [-0.2, -0.15) is 0 Å². The largest absolute Gasteiger partial charge is 0.480 e. The van der Waals surface area contributed by atoms with E-state index in [2.05, 4.69) is 16.0 Å². The van der Waals surface area contributed by atoms with Gasteiger partial charge in [-0.3, -0.25) is 14.4 Å². The molecule has 0 aromatic heterocycles. The number of carbonyl (C=O) groups is 6. The number of carboxylic acids is 3. The summed E-state index contributed by atoms with van der Waals surface area (Å²) in [5.74, 6) is -3.32. The van der Waals surface area contributed by atoms with E-state index in [1.54, 1.807) is 0 Å². The topological polar surface area (TPSA) is 199 Å². The number of rotatable bonds is 3. The summed E-state index contributed by atoms with van der Waals surface area (Å²) < 4.78 is 0. The van der Waals surface area contributed by atoms with E-state index in [4.69, 9.17) is 15.3 Å². The zero-order valence-corrected chi connectivity index (χ0v) is 16.2. The molecular weight excluding hydrogens is 541 g/mol. The summed E-state index contributed by atoms with van der Waals surface area (Å²) in [6, 6.07) is -1.92. The Balaban J connectivity index is 0.000000384. The second-order valence-electron chi connectivity index (χ2n) is 5.99. The molecule has 6 N–H and O–H groups in total. The molecule has 0 aromatic carbocycles. The second-order valence-corrected chi connectivity index (χ2v) is 5.99. The van der Waals surface area contributed by atoms with E-state index in [9.17, 15) is 28.8 Å². The molecule has 12 nitrogen and oxygen atoms in total. The zero-order chi connectivity index (χ0) is 20.6. The molecule has 3 unspecified atom stereocenters. The number of aliphatic carboxylic acids is 3. The molecule has 0 aliphatic carbocycles. The van der Waals surface area contributed by atoms with Crippen molar-refractivity contribution in [2.24, 2.45) is 0 Å². The van der Waals surface area contributed by atoms with Crippen LogP contribution in [0.5, 0.6) is 0 Å². The van der Waals surface area contributed by atoms with Crippen molar-refractivity contribution in [2.75, 3.05) is 0 Å². The average Bonchev–Trinajstić information content (AvgIpc) is 3.30. The first-order valence-electron chi connectivity index (χ1n) is 8.16. The molecule has 0 saturated carbocycles. The van der Waals surface area contributed by atoms with E-state index in [-0.39, 0.29) is 54.6 Å². The van der Waals surface area contributed by atoms with Gasteiger partial charge in [0.2, 0.25) is 17.7 Å². The molecule has 3 saturated heterocycles. The van der Waals surface area contributed by atoms with Gasteiger partial charge in [-0.25, -0.2) is 14.4 Å². The molecule has 3 rings (SSSR count).